The molecule has 70 valence electrons. The van der Waals surface area contributed by atoms with Crippen LogP contribution in [0.3, 0.4) is 0 Å². The van der Waals surface area contributed by atoms with Gasteiger partial charge >= 0.3 is 5.97 Å². The molecule has 0 radical (unpaired) electrons. The molecule has 1 aliphatic carbocycles. The molecule has 3 unspecified atom stereocenters. The fraction of sp³-hybridized carbons (Fsp3) is 0.889. The molecule has 1 fully saturated rings. The summed E-state index contributed by atoms with van der Waals surface area (Å²) in [5.74, 6) is -0.854. The highest BCUT2D eigenvalue weighted by Crippen LogP contribution is 2.30. The van der Waals surface area contributed by atoms with Crippen molar-refractivity contribution < 1.29 is 15.0 Å². The van der Waals surface area contributed by atoms with Crippen LogP contribution in [0.5, 0.6) is 0 Å². The molecule has 3 heteroatoms. The van der Waals surface area contributed by atoms with E-state index in [2.05, 4.69) is 0 Å². The van der Waals surface area contributed by atoms with E-state index in [1.165, 1.54) is 0 Å². The summed E-state index contributed by atoms with van der Waals surface area (Å²) < 4.78 is 0. The minimum absolute atomic E-state index is 0.219. The Kier molecular flexibility index (Phi) is 3.09. The summed E-state index contributed by atoms with van der Waals surface area (Å²) in [6.45, 7) is 1.70. The SMILES string of the molecule is CC(CC1CCCC1O)C(=O)O. The Balaban J connectivity index is 2.35. The van der Waals surface area contributed by atoms with Crippen LogP contribution in [0.4, 0.5) is 0 Å². The normalized spacial score (nSPS) is 31.8. The number of hydrogen-bond acceptors (Lipinski definition) is 2. The highest BCUT2D eigenvalue weighted by molar-refractivity contribution is 5.69. The Hall–Kier alpha value is -0.570. The largest absolute Gasteiger partial charge is 0.481 e. The van der Waals surface area contributed by atoms with E-state index in [9.17, 15) is 9.90 Å². The molecule has 0 aromatic heterocycles. The number of carboxylic acids is 1. The predicted octanol–water partition coefficient (Wildman–Crippen LogP) is 1.26. The first-order chi connectivity index (χ1) is 5.61. The van der Waals surface area contributed by atoms with E-state index < -0.39 is 5.97 Å². The van der Waals surface area contributed by atoms with Gasteiger partial charge in [0.25, 0.3) is 0 Å². The summed E-state index contributed by atoms with van der Waals surface area (Å²) in [5.41, 5.74) is 0. The molecule has 1 saturated carbocycles. The average Bonchev–Trinajstić information content (AvgIpc) is 2.36. The maximum Gasteiger partial charge on any atom is 0.306 e. The number of aliphatic carboxylic acids is 1. The quantitative estimate of drug-likeness (QED) is 0.673. The second kappa shape index (κ2) is 3.90. The summed E-state index contributed by atoms with van der Waals surface area (Å²) in [4.78, 5) is 10.5. The van der Waals surface area contributed by atoms with Gasteiger partial charge in [0, 0.05) is 0 Å². The first-order valence-electron chi connectivity index (χ1n) is 4.52. The van der Waals surface area contributed by atoms with Gasteiger partial charge in [0.15, 0.2) is 0 Å². The van der Waals surface area contributed by atoms with Crippen molar-refractivity contribution in [1.29, 1.82) is 0 Å². The van der Waals surface area contributed by atoms with Gasteiger partial charge in [0.05, 0.1) is 12.0 Å². The zero-order valence-electron chi connectivity index (χ0n) is 7.36. The molecule has 0 aromatic carbocycles. The first kappa shape index (κ1) is 9.52. The third-order valence-corrected chi connectivity index (χ3v) is 2.70. The standard InChI is InChI=1S/C9H16O3/c1-6(9(11)12)5-7-3-2-4-8(7)10/h6-8,10H,2-5H2,1H3,(H,11,12). The van der Waals surface area contributed by atoms with Crippen molar-refractivity contribution in [3.05, 3.63) is 0 Å². The van der Waals surface area contributed by atoms with Gasteiger partial charge in [-0.15, -0.1) is 0 Å². The lowest BCUT2D eigenvalue weighted by molar-refractivity contribution is -0.141. The minimum Gasteiger partial charge on any atom is -0.481 e. The lowest BCUT2D eigenvalue weighted by Crippen LogP contribution is -2.20. The molecule has 0 spiro atoms. The molecule has 3 nitrogen and oxygen atoms in total. The molecular weight excluding hydrogens is 156 g/mol. The smallest absolute Gasteiger partial charge is 0.306 e. The molecule has 0 heterocycles. The van der Waals surface area contributed by atoms with Crippen molar-refractivity contribution in [2.45, 2.75) is 38.7 Å². The number of aliphatic hydroxyl groups excluding tert-OH is 1. The van der Waals surface area contributed by atoms with E-state index in [-0.39, 0.29) is 17.9 Å². The van der Waals surface area contributed by atoms with E-state index in [0.29, 0.717) is 6.42 Å². The van der Waals surface area contributed by atoms with Crippen LogP contribution in [0.2, 0.25) is 0 Å². The lowest BCUT2D eigenvalue weighted by Gasteiger charge is -2.16. The van der Waals surface area contributed by atoms with E-state index in [4.69, 9.17) is 5.11 Å². The number of carbonyl (C=O) groups is 1. The molecule has 12 heavy (non-hydrogen) atoms. The van der Waals surface area contributed by atoms with Gasteiger partial charge in [-0.2, -0.15) is 0 Å². The maximum absolute atomic E-state index is 10.5. The summed E-state index contributed by atoms with van der Waals surface area (Å²) in [5, 5.41) is 18.1. The Morgan fingerprint density at radius 1 is 1.58 bits per heavy atom. The highest BCUT2D eigenvalue weighted by atomic mass is 16.4. The van der Waals surface area contributed by atoms with Crippen LogP contribution in [-0.2, 0) is 4.79 Å². The first-order valence-corrected chi connectivity index (χ1v) is 4.52. The van der Waals surface area contributed by atoms with Crippen molar-refractivity contribution in [2.24, 2.45) is 11.8 Å². The van der Waals surface area contributed by atoms with Gasteiger partial charge in [0.1, 0.15) is 0 Å². The zero-order chi connectivity index (χ0) is 9.14. The number of hydrogen-bond donors (Lipinski definition) is 2. The molecule has 1 rings (SSSR count). The van der Waals surface area contributed by atoms with Gasteiger partial charge in [-0.3, -0.25) is 4.79 Å². The van der Waals surface area contributed by atoms with Crippen LogP contribution in [0.1, 0.15) is 32.6 Å². The van der Waals surface area contributed by atoms with Gasteiger partial charge < -0.3 is 10.2 Å². The third-order valence-electron chi connectivity index (χ3n) is 2.70. The van der Waals surface area contributed by atoms with Crippen molar-refractivity contribution in [1.82, 2.24) is 0 Å². The molecule has 1 aliphatic rings. The topological polar surface area (TPSA) is 57.5 Å². The Morgan fingerprint density at radius 2 is 2.25 bits per heavy atom. The molecule has 0 saturated heterocycles. The summed E-state index contributed by atoms with van der Waals surface area (Å²) in [7, 11) is 0. The molecular formula is C9H16O3. The Labute approximate surface area is 72.4 Å². The lowest BCUT2D eigenvalue weighted by atomic mass is 9.93. The Morgan fingerprint density at radius 3 is 2.67 bits per heavy atom. The summed E-state index contributed by atoms with van der Waals surface area (Å²) >= 11 is 0. The van der Waals surface area contributed by atoms with Gasteiger partial charge in [-0.05, 0) is 25.2 Å². The summed E-state index contributed by atoms with van der Waals surface area (Å²) in [6, 6.07) is 0. The third kappa shape index (κ3) is 2.21. The van der Waals surface area contributed by atoms with Crippen LogP contribution >= 0.6 is 0 Å². The fourth-order valence-electron chi connectivity index (χ4n) is 1.85. The minimum atomic E-state index is -0.755. The van der Waals surface area contributed by atoms with Crippen molar-refractivity contribution in [3.63, 3.8) is 0 Å². The number of rotatable bonds is 3. The van der Waals surface area contributed by atoms with Crippen LogP contribution < -0.4 is 0 Å². The highest BCUT2D eigenvalue weighted by Gasteiger charge is 2.28. The Bertz CT molecular complexity index is 167. The van der Waals surface area contributed by atoms with Crippen LogP contribution in [0.25, 0.3) is 0 Å². The second-order valence-corrected chi connectivity index (χ2v) is 3.73. The molecule has 0 amide bonds. The summed E-state index contributed by atoms with van der Waals surface area (Å²) in [6.07, 6.45) is 3.23. The fourth-order valence-corrected chi connectivity index (χ4v) is 1.85. The number of aliphatic hydroxyl groups is 1. The molecule has 0 aliphatic heterocycles. The average molecular weight is 172 g/mol. The van der Waals surface area contributed by atoms with Crippen molar-refractivity contribution in [3.8, 4) is 0 Å². The van der Waals surface area contributed by atoms with Gasteiger partial charge in [-0.1, -0.05) is 13.3 Å². The van der Waals surface area contributed by atoms with Crippen LogP contribution in [-0.4, -0.2) is 22.3 Å². The zero-order valence-corrected chi connectivity index (χ0v) is 7.36. The molecule has 2 N–H and O–H groups in total. The molecule has 3 atom stereocenters. The van der Waals surface area contributed by atoms with Gasteiger partial charge in [0.2, 0.25) is 0 Å². The van der Waals surface area contributed by atoms with Crippen molar-refractivity contribution >= 4 is 5.97 Å². The van der Waals surface area contributed by atoms with Gasteiger partial charge in [-0.25, -0.2) is 0 Å². The molecule has 0 bridgehead atoms. The monoisotopic (exact) mass is 172 g/mol. The second-order valence-electron chi connectivity index (χ2n) is 3.73. The van der Waals surface area contributed by atoms with Crippen LogP contribution in [0.15, 0.2) is 0 Å². The van der Waals surface area contributed by atoms with Crippen LogP contribution in [0, 0.1) is 11.8 Å². The predicted molar refractivity (Wildman–Crippen MR) is 44.8 cm³/mol. The van der Waals surface area contributed by atoms with Crippen molar-refractivity contribution in [2.75, 3.05) is 0 Å². The maximum atomic E-state index is 10.5. The number of carboxylic acid groups (broad SMARTS) is 1. The van der Waals surface area contributed by atoms with E-state index in [0.717, 1.165) is 19.3 Å². The van der Waals surface area contributed by atoms with E-state index >= 15 is 0 Å². The van der Waals surface area contributed by atoms with E-state index in [1.807, 2.05) is 0 Å². The van der Waals surface area contributed by atoms with E-state index in [1.54, 1.807) is 6.92 Å². The molecule has 0 aromatic rings.